The SMILES string of the molecule is CNC(=O)c1cccc(NCC2CCCCCC2)c1C. The summed E-state index contributed by atoms with van der Waals surface area (Å²) in [6.45, 7) is 3.04. The first kappa shape index (κ1) is 14.9. The molecule has 0 atom stereocenters. The molecular weight excluding hydrogens is 248 g/mol. The van der Waals surface area contributed by atoms with Crippen LogP contribution < -0.4 is 10.6 Å². The number of carbonyl (C=O) groups excluding carboxylic acids is 1. The molecule has 2 N–H and O–H groups in total. The summed E-state index contributed by atoms with van der Waals surface area (Å²) >= 11 is 0. The minimum absolute atomic E-state index is 0.0133. The molecular formula is C17H26N2O. The lowest BCUT2D eigenvalue weighted by molar-refractivity contribution is 0.0962. The molecule has 0 unspecified atom stereocenters. The number of hydrogen-bond donors (Lipinski definition) is 2. The van der Waals surface area contributed by atoms with E-state index in [1.807, 2.05) is 19.1 Å². The third-order valence-corrected chi connectivity index (χ3v) is 4.36. The van der Waals surface area contributed by atoms with E-state index in [0.29, 0.717) is 0 Å². The van der Waals surface area contributed by atoms with Crippen LogP contribution in [0.5, 0.6) is 0 Å². The summed E-state index contributed by atoms with van der Waals surface area (Å²) in [6, 6.07) is 5.90. The average Bonchev–Trinajstić information content (AvgIpc) is 2.74. The molecule has 1 aromatic rings. The van der Waals surface area contributed by atoms with E-state index in [0.717, 1.165) is 29.3 Å². The van der Waals surface area contributed by atoms with E-state index in [-0.39, 0.29) is 5.91 Å². The maximum atomic E-state index is 11.8. The lowest BCUT2D eigenvalue weighted by Gasteiger charge is -2.18. The summed E-state index contributed by atoms with van der Waals surface area (Å²) in [5.41, 5.74) is 2.90. The number of rotatable bonds is 4. The Bertz CT molecular complexity index is 448. The van der Waals surface area contributed by atoms with Crippen LogP contribution in [-0.2, 0) is 0 Å². The largest absolute Gasteiger partial charge is 0.385 e. The van der Waals surface area contributed by atoms with Gasteiger partial charge in [-0.25, -0.2) is 0 Å². The van der Waals surface area contributed by atoms with Crippen molar-refractivity contribution in [2.75, 3.05) is 18.9 Å². The molecule has 3 nitrogen and oxygen atoms in total. The summed E-state index contributed by atoms with van der Waals surface area (Å²) < 4.78 is 0. The molecule has 1 saturated carbocycles. The topological polar surface area (TPSA) is 41.1 Å². The molecule has 0 spiro atoms. The normalized spacial score (nSPS) is 16.5. The molecule has 20 heavy (non-hydrogen) atoms. The summed E-state index contributed by atoms with van der Waals surface area (Å²) in [5.74, 6) is 0.765. The molecule has 3 heteroatoms. The predicted octanol–water partition coefficient (Wildman–Crippen LogP) is 3.74. The Morgan fingerprint density at radius 3 is 2.55 bits per heavy atom. The molecule has 1 aliphatic carbocycles. The molecule has 110 valence electrons. The Hall–Kier alpha value is -1.51. The lowest BCUT2D eigenvalue weighted by atomic mass is 9.99. The van der Waals surface area contributed by atoms with Gasteiger partial charge in [0.2, 0.25) is 0 Å². The highest BCUT2D eigenvalue weighted by Gasteiger charge is 2.14. The van der Waals surface area contributed by atoms with Crippen molar-refractivity contribution in [1.29, 1.82) is 0 Å². The van der Waals surface area contributed by atoms with Gasteiger partial charge in [-0.05, 0) is 43.4 Å². The van der Waals surface area contributed by atoms with Crippen molar-refractivity contribution in [3.8, 4) is 0 Å². The second-order valence-electron chi connectivity index (χ2n) is 5.80. The summed E-state index contributed by atoms with van der Waals surface area (Å²) in [5, 5.41) is 6.25. The molecule has 0 saturated heterocycles. The second kappa shape index (κ2) is 7.32. The summed E-state index contributed by atoms with van der Waals surface area (Å²) in [7, 11) is 1.67. The van der Waals surface area contributed by atoms with Crippen LogP contribution >= 0.6 is 0 Å². The first-order chi connectivity index (χ1) is 9.72. The van der Waals surface area contributed by atoms with Gasteiger partial charge < -0.3 is 10.6 Å². The maximum Gasteiger partial charge on any atom is 0.251 e. The van der Waals surface area contributed by atoms with Gasteiger partial charge in [0.05, 0.1) is 0 Å². The van der Waals surface area contributed by atoms with Gasteiger partial charge in [-0.3, -0.25) is 4.79 Å². The van der Waals surface area contributed by atoms with Gasteiger partial charge in [0.25, 0.3) is 5.91 Å². The van der Waals surface area contributed by atoms with E-state index in [2.05, 4.69) is 16.7 Å². The number of hydrogen-bond acceptors (Lipinski definition) is 2. The standard InChI is InChI=1S/C17H26N2O/c1-13-15(17(20)18-2)10-7-11-16(13)19-12-14-8-5-3-4-6-9-14/h7,10-11,14,19H,3-6,8-9,12H2,1-2H3,(H,18,20). The molecule has 0 aliphatic heterocycles. The van der Waals surface area contributed by atoms with Crippen molar-refractivity contribution in [2.24, 2.45) is 5.92 Å². The molecule has 1 aliphatic rings. The predicted molar refractivity (Wildman–Crippen MR) is 84.3 cm³/mol. The second-order valence-corrected chi connectivity index (χ2v) is 5.80. The molecule has 0 bridgehead atoms. The molecule has 1 aromatic carbocycles. The highest BCUT2D eigenvalue weighted by molar-refractivity contribution is 5.96. The van der Waals surface area contributed by atoms with Crippen LogP contribution in [-0.4, -0.2) is 19.5 Å². The molecule has 2 rings (SSSR count). The van der Waals surface area contributed by atoms with Crippen molar-refractivity contribution < 1.29 is 4.79 Å². The monoisotopic (exact) mass is 274 g/mol. The number of nitrogens with one attached hydrogen (secondary N) is 2. The van der Waals surface area contributed by atoms with E-state index < -0.39 is 0 Å². The number of benzene rings is 1. The Morgan fingerprint density at radius 1 is 1.20 bits per heavy atom. The van der Waals surface area contributed by atoms with Gasteiger partial charge in [-0.15, -0.1) is 0 Å². The number of anilines is 1. The van der Waals surface area contributed by atoms with Gasteiger partial charge in [0, 0.05) is 24.8 Å². The molecule has 0 aromatic heterocycles. The zero-order chi connectivity index (χ0) is 14.4. The van der Waals surface area contributed by atoms with Crippen LogP contribution in [0.3, 0.4) is 0 Å². The fourth-order valence-corrected chi connectivity index (χ4v) is 3.03. The van der Waals surface area contributed by atoms with Crippen LogP contribution in [0.1, 0.15) is 54.4 Å². The first-order valence-electron chi connectivity index (χ1n) is 7.78. The molecule has 0 radical (unpaired) electrons. The smallest absolute Gasteiger partial charge is 0.251 e. The van der Waals surface area contributed by atoms with E-state index in [1.54, 1.807) is 7.05 Å². The highest BCUT2D eigenvalue weighted by atomic mass is 16.1. The van der Waals surface area contributed by atoms with Gasteiger partial charge in [0.1, 0.15) is 0 Å². The lowest BCUT2D eigenvalue weighted by Crippen LogP contribution is -2.20. The van der Waals surface area contributed by atoms with Crippen LogP contribution in [0.15, 0.2) is 18.2 Å². The minimum Gasteiger partial charge on any atom is -0.385 e. The van der Waals surface area contributed by atoms with Crippen LogP contribution in [0.25, 0.3) is 0 Å². The number of carbonyl (C=O) groups is 1. The van der Waals surface area contributed by atoms with E-state index in [4.69, 9.17) is 0 Å². The number of amides is 1. The average molecular weight is 274 g/mol. The summed E-state index contributed by atoms with van der Waals surface area (Å²) in [4.78, 5) is 11.8. The van der Waals surface area contributed by atoms with E-state index in [9.17, 15) is 4.79 Å². The first-order valence-corrected chi connectivity index (χ1v) is 7.78. The fourth-order valence-electron chi connectivity index (χ4n) is 3.03. The van der Waals surface area contributed by atoms with Crippen molar-refractivity contribution >= 4 is 11.6 Å². The van der Waals surface area contributed by atoms with E-state index >= 15 is 0 Å². The molecule has 0 heterocycles. The van der Waals surface area contributed by atoms with Crippen molar-refractivity contribution in [1.82, 2.24) is 5.32 Å². The van der Waals surface area contributed by atoms with Crippen LogP contribution in [0.4, 0.5) is 5.69 Å². The zero-order valence-corrected chi connectivity index (χ0v) is 12.7. The highest BCUT2D eigenvalue weighted by Crippen LogP contribution is 2.25. The fraction of sp³-hybridized carbons (Fsp3) is 0.588. The van der Waals surface area contributed by atoms with Crippen LogP contribution in [0.2, 0.25) is 0 Å². The zero-order valence-electron chi connectivity index (χ0n) is 12.7. The maximum absolute atomic E-state index is 11.8. The third-order valence-electron chi connectivity index (χ3n) is 4.36. The van der Waals surface area contributed by atoms with Gasteiger partial charge in [-0.2, -0.15) is 0 Å². The van der Waals surface area contributed by atoms with Gasteiger partial charge >= 0.3 is 0 Å². The van der Waals surface area contributed by atoms with Crippen molar-refractivity contribution in [3.63, 3.8) is 0 Å². The Kier molecular flexibility index (Phi) is 5.45. The van der Waals surface area contributed by atoms with Gasteiger partial charge in [0.15, 0.2) is 0 Å². The molecule has 1 fully saturated rings. The Balaban J connectivity index is 2.00. The van der Waals surface area contributed by atoms with Crippen molar-refractivity contribution in [2.45, 2.75) is 45.4 Å². The quantitative estimate of drug-likeness (QED) is 0.821. The van der Waals surface area contributed by atoms with Crippen molar-refractivity contribution in [3.05, 3.63) is 29.3 Å². The third kappa shape index (κ3) is 3.75. The van der Waals surface area contributed by atoms with Gasteiger partial charge in [-0.1, -0.05) is 31.7 Å². The Morgan fingerprint density at radius 2 is 1.90 bits per heavy atom. The van der Waals surface area contributed by atoms with Crippen LogP contribution in [0, 0.1) is 12.8 Å². The Labute approximate surface area is 122 Å². The summed E-state index contributed by atoms with van der Waals surface area (Å²) in [6.07, 6.45) is 8.18. The minimum atomic E-state index is -0.0133. The molecule has 1 amide bonds. The van der Waals surface area contributed by atoms with E-state index in [1.165, 1.54) is 38.5 Å².